The highest BCUT2D eigenvalue weighted by Crippen LogP contribution is 2.51. The molecule has 1 unspecified atom stereocenters. The fourth-order valence-corrected chi connectivity index (χ4v) is 5.70. The van der Waals surface area contributed by atoms with Crippen molar-refractivity contribution in [2.75, 3.05) is 0 Å². The Morgan fingerprint density at radius 2 is 1.93 bits per heavy atom. The molecular formula is C22H20NO3S2+. The lowest BCUT2D eigenvalue weighted by Gasteiger charge is -2.26. The molecule has 0 radical (unpaired) electrons. The Morgan fingerprint density at radius 1 is 1.14 bits per heavy atom. The monoisotopic (exact) mass is 410 g/mol. The van der Waals surface area contributed by atoms with E-state index in [1.54, 1.807) is 47.4 Å². The van der Waals surface area contributed by atoms with Crippen molar-refractivity contribution in [3.63, 3.8) is 0 Å². The van der Waals surface area contributed by atoms with Gasteiger partial charge >= 0.3 is 5.97 Å². The van der Waals surface area contributed by atoms with Crippen LogP contribution in [-0.2, 0) is 4.74 Å². The van der Waals surface area contributed by atoms with Gasteiger partial charge in [0.25, 0.3) is 0 Å². The molecule has 2 atom stereocenters. The minimum Gasteiger partial charge on any atom is -0.453 e. The third-order valence-electron chi connectivity index (χ3n) is 4.80. The number of carbonyl (C=O) groups excluding carboxylic acids is 1. The first kappa shape index (κ1) is 19.0. The van der Waals surface area contributed by atoms with E-state index < -0.39 is 0 Å². The highest BCUT2D eigenvalue weighted by molar-refractivity contribution is 8.01. The molecule has 1 aromatic heterocycles. The molecule has 142 valence electrons. The summed E-state index contributed by atoms with van der Waals surface area (Å²) in [6, 6.07) is 17.1. The molecule has 1 aliphatic heterocycles. The molecule has 4 rings (SSSR count). The van der Waals surface area contributed by atoms with Gasteiger partial charge in [0.1, 0.15) is 6.10 Å². The molecule has 28 heavy (non-hydrogen) atoms. The number of allylic oxidation sites excluding steroid dienone is 1. The largest absolute Gasteiger partial charge is 0.453 e. The lowest BCUT2D eigenvalue weighted by atomic mass is 9.87. The first-order valence-corrected chi connectivity index (χ1v) is 10.6. The first-order valence-electron chi connectivity index (χ1n) is 8.95. The van der Waals surface area contributed by atoms with Crippen LogP contribution >= 0.6 is 23.1 Å². The van der Waals surface area contributed by atoms with Crippen molar-refractivity contribution in [2.45, 2.75) is 27.5 Å². The Balaban J connectivity index is 1.72. The summed E-state index contributed by atoms with van der Waals surface area (Å²) in [5.74, 6) is -0.365. The summed E-state index contributed by atoms with van der Waals surface area (Å²) in [4.78, 5) is 14.1. The highest BCUT2D eigenvalue weighted by Gasteiger charge is 2.34. The summed E-state index contributed by atoms with van der Waals surface area (Å²) >= 11 is 3.40. The van der Waals surface area contributed by atoms with Crippen LogP contribution in [0.4, 0.5) is 5.69 Å². The lowest BCUT2D eigenvalue weighted by Crippen LogP contribution is -2.73. The number of nitrogens with two attached hydrogens (primary N) is 1. The van der Waals surface area contributed by atoms with E-state index in [0.29, 0.717) is 17.7 Å². The molecule has 2 aromatic carbocycles. The van der Waals surface area contributed by atoms with Crippen LogP contribution in [-0.4, -0.2) is 11.2 Å². The standard InChI is InChI=1S/C22H19NO3S2/c1-2-5-17-16-6-3-4-7-19(16)28-22-18(12-13-27-22)20(17)26-21(24)14-8-10-15(23-25)11-9-14/h2-4,6-13,17,20,23,25H,1,5H2/p+1/t17-,20?/m1/s1. The van der Waals surface area contributed by atoms with Gasteiger partial charge < -0.3 is 4.74 Å². The number of rotatable bonds is 5. The Labute approximate surface area is 171 Å². The summed E-state index contributed by atoms with van der Waals surface area (Å²) in [7, 11) is 0. The van der Waals surface area contributed by atoms with Crippen LogP contribution < -0.4 is 5.48 Å². The molecule has 1 aliphatic rings. The molecule has 3 N–H and O–H groups in total. The lowest BCUT2D eigenvalue weighted by molar-refractivity contribution is -0.825. The number of fused-ring (bicyclic) bond motifs is 2. The van der Waals surface area contributed by atoms with Gasteiger partial charge in [-0.2, -0.15) is 5.48 Å². The minimum absolute atomic E-state index is 0.00560. The van der Waals surface area contributed by atoms with Crippen LogP contribution in [0.3, 0.4) is 0 Å². The molecule has 4 nitrogen and oxygen atoms in total. The first-order chi connectivity index (χ1) is 13.7. The highest BCUT2D eigenvalue weighted by atomic mass is 32.2. The molecule has 0 saturated carbocycles. The van der Waals surface area contributed by atoms with Gasteiger partial charge in [0.15, 0.2) is 5.69 Å². The number of hydrogen-bond acceptors (Lipinski definition) is 5. The van der Waals surface area contributed by atoms with E-state index in [9.17, 15) is 4.79 Å². The van der Waals surface area contributed by atoms with Gasteiger partial charge in [-0.25, -0.2) is 10.0 Å². The zero-order valence-corrected chi connectivity index (χ0v) is 16.7. The van der Waals surface area contributed by atoms with Gasteiger partial charge in [-0.15, -0.1) is 17.9 Å². The van der Waals surface area contributed by atoms with E-state index in [-0.39, 0.29) is 18.0 Å². The third-order valence-corrected chi connectivity index (χ3v) is 7.07. The van der Waals surface area contributed by atoms with Crippen LogP contribution in [0.2, 0.25) is 0 Å². The van der Waals surface area contributed by atoms with Crippen LogP contribution in [0.5, 0.6) is 0 Å². The Bertz CT molecular complexity index is 997. The Morgan fingerprint density at radius 3 is 2.68 bits per heavy atom. The molecule has 0 aliphatic carbocycles. The second kappa shape index (κ2) is 8.32. The molecule has 0 saturated heterocycles. The van der Waals surface area contributed by atoms with Gasteiger partial charge in [0, 0.05) is 28.5 Å². The number of hydrogen-bond donors (Lipinski definition) is 2. The number of benzene rings is 2. The molecular weight excluding hydrogens is 390 g/mol. The van der Waals surface area contributed by atoms with Crippen molar-refractivity contribution < 1.29 is 20.2 Å². The number of thiophene rings is 1. The van der Waals surface area contributed by atoms with Gasteiger partial charge in [0.05, 0.1) is 9.77 Å². The summed E-state index contributed by atoms with van der Waals surface area (Å²) in [5.41, 5.74) is 4.34. The van der Waals surface area contributed by atoms with Crippen molar-refractivity contribution in [2.24, 2.45) is 0 Å². The average molecular weight is 411 g/mol. The van der Waals surface area contributed by atoms with Crippen molar-refractivity contribution in [1.29, 1.82) is 0 Å². The quantitative estimate of drug-likeness (QED) is 0.267. The number of esters is 1. The predicted molar refractivity (Wildman–Crippen MR) is 110 cm³/mol. The number of ether oxygens (including phenoxy) is 1. The van der Waals surface area contributed by atoms with E-state index in [0.717, 1.165) is 15.3 Å². The van der Waals surface area contributed by atoms with Gasteiger partial charge in [-0.1, -0.05) is 36.0 Å². The van der Waals surface area contributed by atoms with Gasteiger partial charge in [-0.05, 0) is 41.6 Å². The van der Waals surface area contributed by atoms with Gasteiger partial charge in [-0.3, -0.25) is 0 Å². The van der Waals surface area contributed by atoms with Crippen molar-refractivity contribution in [3.05, 3.63) is 89.3 Å². The zero-order chi connectivity index (χ0) is 19.5. The van der Waals surface area contributed by atoms with E-state index in [2.05, 4.69) is 24.8 Å². The van der Waals surface area contributed by atoms with Crippen molar-refractivity contribution >= 4 is 34.8 Å². The summed E-state index contributed by atoms with van der Waals surface area (Å²) in [5, 5.41) is 11.1. The Kier molecular flexibility index (Phi) is 5.64. The van der Waals surface area contributed by atoms with Crippen LogP contribution in [0, 0.1) is 0 Å². The average Bonchev–Trinajstić information content (AvgIpc) is 3.14. The molecule has 6 heteroatoms. The smallest absolute Gasteiger partial charge is 0.338 e. The van der Waals surface area contributed by atoms with E-state index >= 15 is 0 Å². The Hall–Kier alpha value is -2.38. The maximum absolute atomic E-state index is 12.9. The molecule has 0 fully saturated rings. The summed E-state index contributed by atoms with van der Waals surface area (Å²) < 4.78 is 7.23. The molecule has 3 aromatic rings. The minimum atomic E-state index is -0.382. The summed E-state index contributed by atoms with van der Waals surface area (Å²) in [6.07, 6.45) is 2.21. The number of carbonyl (C=O) groups is 1. The predicted octanol–water partition coefficient (Wildman–Crippen LogP) is 5.05. The normalized spacial score (nSPS) is 17.9. The number of quaternary nitrogens is 1. The van der Waals surface area contributed by atoms with E-state index in [1.165, 1.54) is 10.5 Å². The second-order valence-electron chi connectivity index (χ2n) is 6.51. The van der Waals surface area contributed by atoms with Gasteiger partial charge in [0.2, 0.25) is 0 Å². The van der Waals surface area contributed by atoms with E-state index in [1.807, 2.05) is 23.6 Å². The molecule has 2 heterocycles. The zero-order valence-electron chi connectivity index (χ0n) is 15.1. The second-order valence-corrected chi connectivity index (χ2v) is 8.74. The third kappa shape index (κ3) is 3.64. The fourth-order valence-electron chi connectivity index (χ4n) is 3.42. The van der Waals surface area contributed by atoms with Crippen LogP contribution in [0.25, 0.3) is 0 Å². The SMILES string of the molecule is C=CC[C@@H]1c2ccccc2Sc2sccc2C1OC(=O)c1ccc([NH2+]O)cc1. The molecule has 0 spiro atoms. The summed E-state index contributed by atoms with van der Waals surface area (Å²) in [6.45, 7) is 3.92. The maximum atomic E-state index is 12.9. The molecule has 0 bridgehead atoms. The van der Waals surface area contributed by atoms with Crippen molar-refractivity contribution in [1.82, 2.24) is 0 Å². The fraction of sp³-hybridized carbons (Fsp3) is 0.136. The van der Waals surface area contributed by atoms with Crippen LogP contribution in [0.1, 0.15) is 39.9 Å². The van der Waals surface area contributed by atoms with Crippen LogP contribution in [0.15, 0.2) is 81.7 Å². The maximum Gasteiger partial charge on any atom is 0.338 e. The molecule has 0 amide bonds. The van der Waals surface area contributed by atoms with E-state index in [4.69, 9.17) is 9.94 Å². The van der Waals surface area contributed by atoms with Crippen molar-refractivity contribution in [3.8, 4) is 0 Å². The topological polar surface area (TPSA) is 63.1 Å².